The zero-order valence-corrected chi connectivity index (χ0v) is 10.3. The Morgan fingerprint density at radius 3 is 2.35 bits per heavy atom. The van der Waals surface area contributed by atoms with Gasteiger partial charge in [0, 0.05) is 18.8 Å². The van der Waals surface area contributed by atoms with Gasteiger partial charge >= 0.3 is 0 Å². The van der Waals surface area contributed by atoms with Gasteiger partial charge in [0.2, 0.25) is 0 Å². The third-order valence-electron chi connectivity index (χ3n) is 2.99. The standard InChI is InChI=1S/C13H17N3O/c1-13(14,11-8-15-16(2)9-11)10-4-6-12(17-3)7-5-10/h4-9H,14H2,1-3H3. The number of methoxy groups -OCH3 is 1. The normalized spacial score (nSPS) is 14.4. The highest BCUT2D eigenvalue weighted by molar-refractivity contribution is 5.37. The Morgan fingerprint density at radius 2 is 1.88 bits per heavy atom. The molecule has 2 aromatic rings. The highest BCUT2D eigenvalue weighted by atomic mass is 16.5. The van der Waals surface area contributed by atoms with E-state index in [1.54, 1.807) is 18.0 Å². The molecule has 0 saturated heterocycles. The molecule has 1 unspecified atom stereocenters. The summed E-state index contributed by atoms with van der Waals surface area (Å²) in [5.74, 6) is 0.829. The minimum Gasteiger partial charge on any atom is -0.497 e. The minimum absolute atomic E-state index is 0.541. The molecule has 4 heteroatoms. The lowest BCUT2D eigenvalue weighted by Gasteiger charge is -2.24. The van der Waals surface area contributed by atoms with Crippen molar-refractivity contribution in [1.29, 1.82) is 0 Å². The predicted octanol–water partition coefficient (Wildman–Crippen LogP) is 1.65. The zero-order valence-electron chi connectivity index (χ0n) is 10.3. The molecule has 0 amide bonds. The Balaban J connectivity index is 2.36. The fourth-order valence-electron chi connectivity index (χ4n) is 1.79. The van der Waals surface area contributed by atoms with Gasteiger partial charge in [0.05, 0.1) is 18.8 Å². The van der Waals surface area contributed by atoms with Gasteiger partial charge in [-0.15, -0.1) is 0 Å². The number of rotatable bonds is 3. The number of hydrogen-bond acceptors (Lipinski definition) is 3. The molecule has 1 aromatic heterocycles. The molecular formula is C13H17N3O. The van der Waals surface area contributed by atoms with Gasteiger partial charge in [-0.25, -0.2) is 0 Å². The molecule has 1 atom stereocenters. The molecule has 1 aromatic carbocycles. The summed E-state index contributed by atoms with van der Waals surface area (Å²) in [5.41, 5.74) is 7.85. The van der Waals surface area contributed by atoms with Crippen LogP contribution in [0.4, 0.5) is 0 Å². The second-order valence-corrected chi connectivity index (χ2v) is 4.33. The van der Waals surface area contributed by atoms with Crippen molar-refractivity contribution in [1.82, 2.24) is 9.78 Å². The second-order valence-electron chi connectivity index (χ2n) is 4.33. The van der Waals surface area contributed by atoms with E-state index in [4.69, 9.17) is 10.5 Å². The third kappa shape index (κ3) is 2.17. The van der Waals surface area contributed by atoms with Crippen LogP contribution in [0.1, 0.15) is 18.1 Å². The van der Waals surface area contributed by atoms with Crippen LogP contribution < -0.4 is 10.5 Å². The van der Waals surface area contributed by atoms with Crippen molar-refractivity contribution >= 4 is 0 Å². The molecule has 0 aliphatic rings. The van der Waals surface area contributed by atoms with Crippen LogP contribution in [-0.4, -0.2) is 16.9 Å². The van der Waals surface area contributed by atoms with E-state index in [9.17, 15) is 0 Å². The molecule has 0 radical (unpaired) electrons. The van der Waals surface area contributed by atoms with E-state index in [0.29, 0.717) is 0 Å². The number of ether oxygens (including phenoxy) is 1. The van der Waals surface area contributed by atoms with Crippen molar-refractivity contribution in [2.45, 2.75) is 12.5 Å². The molecule has 1 heterocycles. The summed E-state index contributed by atoms with van der Waals surface area (Å²) in [6.07, 6.45) is 3.73. The predicted molar refractivity (Wildman–Crippen MR) is 66.8 cm³/mol. The number of benzene rings is 1. The van der Waals surface area contributed by atoms with Crippen LogP contribution in [0, 0.1) is 0 Å². The van der Waals surface area contributed by atoms with Crippen LogP contribution in [0.3, 0.4) is 0 Å². The largest absolute Gasteiger partial charge is 0.497 e. The molecule has 17 heavy (non-hydrogen) atoms. The average molecular weight is 231 g/mol. The number of aryl methyl sites for hydroxylation is 1. The molecule has 0 spiro atoms. The molecule has 90 valence electrons. The fourth-order valence-corrected chi connectivity index (χ4v) is 1.79. The van der Waals surface area contributed by atoms with Gasteiger partial charge in [-0.1, -0.05) is 12.1 Å². The smallest absolute Gasteiger partial charge is 0.118 e. The molecule has 0 fully saturated rings. The van der Waals surface area contributed by atoms with E-state index in [1.165, 1.54) is 0 Å². The molecule has 0 aliphatic heterocycles. The van der Waals surface area contributed by atoms with Gasteiger partial charge in [-0.3, -0.25) is 4.68 Å². The van der Waals surface area contributed by atoms with Crippen molar-refractivity contribution in [2.24, 2.45) is 12.8 Å². The molecular weight excluding hydrogens is 214 g/mol. The van der Waals surface area contributed by atoms with Crippen molar-refractivity contribution in [3.05, 3.63) is 47.8 Å². The first-order chi connectivity index (χ1) is 8.04. The maximum absolute atomic E-state index is 6.37. The summed E-state index contributed by atoms with van der Waals surface area (Å²) in [6, 6.07) is 7.78. The first-order valence-electron chi connectivity index (χ1n) is 5.46. The van der Waals surface area contributed by atoms with Gasteiger partial charge in [-0.05, 0) is 24.6 Å². The highest BCUT2D eigenvalue weighted by Crippen LogP contribution is 2.27. The van der Waals surface area contributed by atoms with Crippen LogP contribution in [-0.2, 0) is 12.6 Å². The Hall–Kier alpha value is -1.81. The van der Waals surface area contributed by atoms with E-state index in [0.717, 1.165) is 16.9 Å². The molecule has 0 bridgehead atoms. The summed E-state index contributed by atoms with van der Waals surface area (Å²) >= 11 is 0. The summed E-state index contributed by atoms with van der Waals surface area (Å²) in [5, 5.41) is 4.15. The molecule has 2 rings (SSSR count). The van der Waals surface area contributed by atoms with Gasteiger partial charge in [0.25, 0.3) is 0 Å². The van der Waals surface area contributed by atoms with Crippen LogP contribution >= 0.6 is 0 Å². The van der Waals surface area contributed by atoms with Crippen LogP contribution in [0.15, 0.2) is 36.7 Å². The van der Waals surface area contributed by atoms with Gasteiger partial charge in [0.15, 0.2) is 0 Å². The average Bonchev–Trinajstić information content (AvgIpc) is 2.77. The summed E-state index contributed by atoms with van der Waals surface area (Å²) in [6.45, 7) is 1.98. The second kappa shape index (κ2) is 4.22. The SMILES string of the molecule is COc1ccc(C(C)(N)c2cnn(C)c2)cc1. The number of aromatic nitrogens is 2. The maximum atomic E-state index is 6.37. The first kappa shape index (κ1) is 11.7. The van der Waals surface area contributed by atoms with Crippen LogP contribution in [0.2, 0.25) is 0 Å². The summed E-state index contributed by atoms with van der Waals surface area (Å²) < 4.78 is 6.89. The molecule has 4 nitrogen and oxygen atoms in total. The van der Waals surface area contributed by atoms with E-state index in [-0.39, 0.29) is 0 Å². The van der Waals surface area contributed by atoms with Crippen molar-refractivity contribution < 1.29 is 4.74 Å². The van der Waals surface area contributed by atoms with Gasteiger partial charge in [0.1, 0.15) is 5.75 Å². The lowest BCUT2D eigenvalue weighted by molar-refractivity contribution is 0.414. The molecule has 0 aliphatic carbocycles. The lowest BCUT2D eigenvalue weighted by atomic mass is 9.88. The number of nitrogens with zero attached hydrogens (tertiary/aromatic N) is 2. The Morgan fingerprint density at radius 1 is 1.24 bits per heavy atom. The van der Waals surface area contributed by atoms with Crippen molar-refractivity contribution in [3.8, 4) is 5.75 Å². The van der Waals surface area contributed by atoms with E-state index < -0.39 is 5.54 Å². The van der Waals surface area contributed by atoms with E-state index in [1.807, 2.05) is 44.4 Å². The van der Waals surface area contributed by atoms with Crippen molar-refractivity contribution in [3.63, 3.8) is 0 Å². The Bertz CT molecular complexity index is 500. The van der Waals surface area contributed by atoms with Crippen LogP contribution in [0.25, 0.3) is 0 Å². The zero-order chi connectivity index (χ0) is 12.5. The molecule has 2 N–H and O–H groups in total. The summed E-state index contributed by atoms with van der Waals surface area (Å²) in [4.78, 5) is 0. The highest BCUT2D eigenvalue weighted by Gasteiger charge is 2.25. The number of nitrogens with two attached hydrogens (primary N) is 1. The first-order valence-corrected chi connectivity index (χ1v) is 5.46. The Kier molecular flexibility index (Phi) is 2.90. The maximum Gasteiger partial charge on any atom is 0.118 e. The van der Waals surface area contributed by atoms with Crippen LogP contribution in [0.5, 0.6) is 5.75 Å². The number of hydrogen-bond donors (Lipinski definition) is 1. The molecule has 0 saturated carbocycles. The lowest BCUT2D eigenvalue weighted by Crippen LogP contribution is -2.33. The third-order valence-corrected chi connectivity index (χ3v) is 2.99. The monoisotopic (exact) mass is 231 g/mol. The van der Waals surface area contributed by atoms with Crippen molar-refractivity contribution in [2.75, 3.05) is 7.11 Å². The van der Waals surface area contributed by atoms with E-state index in [2.05, 4.69) is 5.10 Å². The van der Waals surface area contributed by atoms with Gasteiger partial charge in [-0.2, -0.15) is 5.10 Å². The Labute approximate surface area is 101 Å². The topological polar surface area (TPSA) is 53.1 Å². The summed E-state index contributed by atoms with van der Waals surface area (Å²) in [7, 11) is 3.53. The minimum atomic E-state index is -0.541. The quantitative estimate of drug-likeness (QED) is 0.874. The van der Waals surface area contributed by atoms with Gasteiger partial charge < -0.3 is 10.5 Å². The fraction of sp³-hybridized carbons (Fsp3) is 0.308. The van der Waals surface area contributed by atoms with E-state index >= 15 is 0 Å².